The molecule has 0 aromatic heterocycles. The Hall–Kier alpha value is -1.49. The third-order valence-electron chi connectivity index (χ3n) is 4.90. The Morgan fingerprint density at radius 3 is 2.74 bits per heavy atom. The van der Waals surface area contributed by atoms with E-state index >= 15 is 0 Å². The van der Waals surface area contributed by atoms with Crippen molar-refractivity contribution in [3.63, 3.8) is 0 Å². The molecule has 2 aliphatic rings. The third kappa shape index (κ3) is 2.92. The van der Waals surface area contributed by atoms with E-state index in [1.165, 1.54) is 44.9 Å². The summed E-state index contributed by atoms with van der Waals surface area (Å²) in [6.45, 7) is 0. The van der Waals surface area contributed by atoms with Crippen LogP contribution in [0.4, 0.5) is 5.69 Å². The lowest BCUT2D eigenvalue weighted by atomic mass is 9.69. The number of rotatable bonds is 2. The molecule has 1 aromatic carbocycles. The molecule has 2 nitrogen and oxygen atoms in total. The van der Waals surface area contributed by atoms with E-state index in [9.17, 15) is 0 Å². The summed E-state index contributed by atoms with van der Waals surface area (Å²) in [4.78, 5) is 0. The highest BCUT2D eigenvalue weighted by molar-refractivity contribution is 5.49. The van der Waals surface area contributed by atoms with E-state index in [0.717, 1.165) is 23.1 Å². The molecule has 0 spiro atoms. The summed E-state index contributed by atoms with van der Waals surface area (Å²) in [6, 6.07) is 10.7. The van der Waals surface area contributed by atoms with Crippen LogP contribution in [0.25, 0.3) is 0 Å². The Bertz CT molecular complexity index is 474. The number of fused-ring (bicyclic) bond motifs is 1. The van der Waals surface area contributed by atoms with Gasteiger partial charge in [0.05, 0.1) is 11.6 Å². The van der Waals surface area contributed by atoms with Crippen molar-refractivity contribution >= 4 is 5.69 Å². The number of anilines is 1. The molecule has 0 radical (unpaired) electrons. The lowest BCUT2D eigenvalue weighted by Crippen LogP contribution is -2.34. The molecule has 100 valence electrons. The first-order valence-electron chi connectivity index (χ1n) is 7.62. The molecule has 2 heteroatoms. The van der Waals surface area contributed by atoms with Crippen molar-refractivity contribution in [1.82, 2.24) is 0 Å². The van der Waals surface area contributed by atoms with E-state index in [-0.39, 0.29) is 0 Å². The van der Waals surface area contributed by atoms with Crippen LogP contribution in [0.1, 0.15) is 50.5 Å². The Morgan fingerprint density at radius 1 is 1.05 bits per heavy atom. The van der Waals surface area contributed by atoms with E-state index in [1.807, 2.05) is 18.2 Å². The average molecular weight is 254 g/mol. The zero-order valence-corrected chi connectivity index (χ0v) is 11.4. The fraction of sp³-hybridized carbons (Fsp3) is 0.588. The Labute approximate surface area is 115 Å². The van der Waals surface area contributed by atoms with Gasteiger partial charge in [-0.15, -0.1) is 0 Å². The summed E-state index contributed by atoms with van der Waals surface area (Å²) < 4.78 is 0. The van der Waals surface area contributed by atoms with Crippen molar-refractivity contribution in [3.05, 3.63) is 29.8 Å². The SMILES string of the molecule is N#Cc1cccc(NC2CCC3CCCCC3C2)c1. The quantitative estimate of drug-likeness (QED) is 0.852. The number of nitrogens with zero attached hydrogens (tertiary/aromatic N) is 1. The van der Waals surface area contributed by atoms with Crippen molar-refractivity contribution < 1.29 is 0 Å². The molecule has 1 N–H and O–H groups in total. The number of hydrogen-bond donors (Lipinski definition) is 1. The Balaban J connectivity index is 1.62. The highest BCUT2D eigenvalue weighted by Gasteiger charge is 2.31. The molecule has 3 atom stereocenters. The van der Waals surface area contributed by atoms with E-state index in [2.05, 4.69) is 17.5 Å². The second-order valence-corrected chi connectivity index (χ2v) is 6.15. The first-order chi connectivity index (χ1) is 9.35. The van der Waals surface area contributed by atoms with E-state index in [0.29, 0.717) is 6.04 Å². The number of benzene rings is 1. The number of nitrogens with one attached hydrogen (secondary N) is 1. The molecular formula is C17H22N2. The van der Waals surface area contributed by atoms with Gasteiger partial charge in [-0.3, -0.25) is 0 Å². The van der Waals surface area contributed by atoms with Gasteiger partial charge in [-0.25, -0.2) is 0 Å². The summed E-state index contributed by atoms with van der Waals surface area (Å²) in [7, 11) is 0. The minimum Gasteiger partial charge on any atom is -0.382 e. The van der Waals surface area contributed by atoms with Gasteiger partial charge >= 0.3 is 0 Å². The van der Waals surface area contributed by atoms with Crippen LogP contribution in [0.3, 0.4) is 0 Å². The molecule has 3 rings (SSSR count). The number of hydrogen-bond acceptors (Lipinski definition) is 2. The van der Waals surface area contributed by atoms with Crippen LogP contribution < -0.4 is 5.32 Å². The second-order valence-electron chi connectivity index (χ2n) is 6.15. The Kier molecular flexibility index (Phi) is 3.73. The normalized spacial score (nSPS) is 30.2. The van der Waals surface area contributed by atoms with Gasteiger partial charge in [0.25, 0.3) is 0 Å². The van der Waals surface area contributed by atoms with Crippen LogP contribution in [0, 0.1) is 23.2 Å². The molecule has 2 aliphatic carbocycles. The molecule has 0 heterocycles. The van der Waals surface area contributed by atoms with Crippen molar-refractivity contribution in [3.8, 4) is 6.07 Å². The summed E-state index contributed by atoms with van der Waals surface area (Å²) >= 11 is 0. The van der Waals surface area contributed by atoms with Crippen LogP contribution in [0.5, 0.6) is 0 Å². The third-order valence-corrected chi connectivity index (χ3v) is 4.90. The first kappa shape index (κ1) is 12.5. The van der Waals surface area contributed by atoms with E-state index in [1.54, 1.807) is 0 Å². The molecule has 1 aromatic rings. The Morgan fingerprint density at radius 2 is 1.89 bits per heavy atom. The fourth-order valence-corrected chi connectivity index (χ4v) is 3.92. The predicted molar refractivity (Wildman–Crippen MR) is 77.9 cm³/mol. The molecule has 0 aliphatic heterocycles. The minimum atomic E-state index is 0.605. The molecule has 2 saturated carbocycles. The van der Waals surface area contributed by atoms with Crippen molar-refractivity contribution in [2.45, 2.75) is 51.0 Å². The molecular weight excluding hydrogens is 232 g/mol. The van der Waals surface area contributed by atoms with Gasteiger partial charge in [-0.1, -0.05) is 31.7 Å². The molecule has 0 amide bonds. The lowest BCUT2D eigenvalue weighted by molar-refractivity contribution is 0.162. The van der Waals surface area contributed by atoms with Gasteiger partial charge in [0.1, 0.15) is 0 Å². The summed E-state index contributed by atoms with van der Waals surface area (Å²) in [6.07, 6.45) is 9.77. The van der Waals surface area contributed by atoms with Crippen LogP contribution in [-0.2, 0) is 0 Å². The van der Waals surface area contributed by atoms with E-state index in [4.69, 9.17) is 5.26 Å². The average Bonchev–Trinajstić information content (AvgIpc) is 2.47. The standard InChI is InChI=1S/C17H22N2/c18-12-13-4-3-7-16(10-13)19-17-9-8-14-5-1-2-6-15(14)11-17/h3-4,7,10,14-15,17,19H,1-2,5-6,8-9,11H2. The molecule has 0 bridgehead atoms. The molecule has 19 heavy (non-hydrogen) atoms. The maximum absolute atomic E-state index is 8.94. The van der Waals surface area contributed by atoms with Crippen molar-refractivity contribution in [1.29, 1.82) is 5.26 Å². The van der Waals surface area contributed by atoms with Gasteiger partial charge < -0.3 is 5.32 Å². The zero-order chi connectivity index (χ0) is 13.1. The van der Waals surface area contributed by atoms with Gasteiger partial charge in [0.2, 0.25) is 0 Å². The number of nitriles is 1. The van der Waals surface area contributed by atoms with Gasteiger partial charge in [0.15, 0.2) is 0 Å². The molecule has 0 saturated heterocycles. The zero-order valence-electron chi connectivity index (χ0n) is 11.4. The maximum atomic E-state index is 8.94. The molecule has 2 fully saturated rings. The summed E-state index contributed by atoms with van der Waals surface area (Å²) in [5.41, 5.74) is 1.86. The van der Waals surface area contributed by atoms with Gasteiger partial charge in [-0.2, -0.15) is 5.26 Å². The van der Waals surface area contributed by atoms with Crippen LogP contribution >= 0.6 is 0 Å². The van der Waals surface area contributed by atoms with Gasteiger partial charge in [0, 0.05) is 11.7 Å². The maximum Gasteiger partial charge on any atom is 0.0992 e. The summed E-state index contributed by atoms with van der Waals surface area (Å²) in [5, 5.41) is 12.6. The highest BCUT2D eigenvalue weighted by atomic mass is 14.9. The topological polar surface area (TPSA) is 35.8 Å². The summed E-state index contributed by atoms with van der Waals surface area (Å²) in [5.74, 6) is 1.94. The first-order valence-corrected chi connectivity index (χ1v) is 7.62. The van der Waals surface area contributed by atoms with Crippen molar-refractivity contribution in [2.75, 3.05) is 5.32 Å². The lowest BCUT2D eigenvalue weighted by Gasteiger charge is -2.39. The van der Waals surface area contributed by atoms with Crippen LogP contribution in [0.2, 0.25) is 0 Å². The predicted octanol–water partition coefficient (Wildman–Crippen LogP) is 4.33. The smallest absolute Gasteiger partial charge is 0.0992 e. The van der Waals surface area contributed by atoms with E-state index < -0.39 is 0 Å². The van der Waals surface area contributed by atoms with Crippen molar-refractivity contribution in [2.24, 2.45) is 11.8 Å². The minimum absolute atomic E-state index is 0.605. The molecule has 3 unspecified atom stereocenters. The highest BCUT2D eigenvalue weighted by Crippen LogP contribution is 2.41. The van der Waals surface area contributed by atoms with Crippen LogP contribution in [-0.4, -0.2) is 6.04 Å². The largest absolute Gasteiger partial charge is 0.382 e. The monoisotopic (exact) mass is 254 g/mol. The fourth-order valence-electron chi connectivity index (χ4n) is 3.92. The van der Waals surface area contributed by atoms with Crippen LogP contribution in [0.15, 0.2) is 24.3 Å². The second kappa shape index (κ2) is 5.65. The van der Waals surface area contributed by atoms with Gasteiger partial charge in [-0.05, 0) is 49.3 Å².